The van der Waals surface area contributed by atoms with Gasteiger partial charge in [0.25, 0.3) is 0 Å². The van der Waals surface area contributed by atoms with Crippen LogP contribution >= 0.6 is 0 Å². The van der Waals surface area contributed by atoms with Gasteiger partial charge in [-0.1, -0.05) is 51.9 Å². The van der Waals surface area contributed by atoms with Gasteiger partial charge in [0.15, 0.2) is 0 Å². The summed E-state index contributed by atoms with van der Waals surface area (Å²) in [5, 5.41) is 0. The third kappa shape index (κ3) is 9.08. The second kappa shape index (κ2) is 14.8. The van der Waals surface area contributed by atoms with Crippen LogP contribution in [0.3, 0.4) is 0 Å². The average Bonchev–Trinajstić information content (AvgIpc) is 2.94. The molecular formula is C34H39F7O2. The number of rotatable bonds is 10. The first-order valence-corrected chi connectivity index (χ1v) is 15.4. The molecule has 2 nitrogen and oxygen atoms in total. The average molecular weight is 613 g/mol. The van der Waals surface area contributed by atoms with Crippen molar-refractivity contribution < 1.29 is 40.3 Å². The van der Waals surface area contributed by atoms with E-state index in [0.29, 0.717) is 29.5 Å². The number of carbonyl (C=O) groups excluding carboxylic acids is 1. The van der Waals surface area contributed by atoms with Crippen LogP contribution in [0.5, 0.6) is 5.75 Å². The largest absolute Gasteiger partial charge is 0.423 e. The maximum absolute atomic E-state index is 15.0. The molecule has 0 saturated heterocycles. The molecule has 2 saturated carbocycles. The van der Waals surface area contributed by atoms with Crippen LogP contribution in [-0.4, -0.2) is 12.1 Å². The second-order valence-corrected chi connectivity index (χ2v) is 12.2. The van der Waals surface area contributed by atoms with Crippen molar-refractivity contribution in [2.24, 2.45) is 17.8 Å². The molecule has 4 rings (SSSR count). The first-order chi connectivity index (χ1) is 20.4. The number of benzene rings is 2. The van der Waals surface area contributed by atoms with Crippen LogP contribution in [0.2, 0.25) is 0 Å². The molecule has 2 aromatic rings. The molecule has 2 aliphatic carbocycles. The minimum Gasteiger partial charge on any atom is -0.423 e. The third-order valence-corrected chi connectivity index (χ3v) is 9.24. The molecule has 0 amide bonds. The molecule has 0 bridgehead atoms. The fourth-order valence-electron chi connectivity index (χ4n) is 6.87. The van der Waals surface area contributed by atoms with Gasteiger partial charge in [-0.3, -0.25) is 0 Å². The molecule has 0 N–H and O–H groups in total. The van der Waals surface area contributed by atoms with E-state index in [1.807, 2.05) is 0 Å². The van der Waals surface area contributed by atoms with E-state index in [-0.39, 0.29) is 18.1 Å². The topological polar surface area (TPSA) is 26.3 Å². The maximum atomic E-state index is 15.0. The zero-order valence-corrected chi connectivity index (χ0v) is 24.4. The highest BCUT2D eigenvalue weighted by Crippen LogP contribution is 2.45. The predicted octanol–water partition coefficient (Wildman–Crippen LogP) is 11.1. The van der Waals surface area contributed by atoms with Gasteiger partial charge in [0.1, 0.15) is 34.6 Å². The van der Waals surface area contributed by atoms with Crippen LogP contribution in [0.1, 0.15) is 118 Å². The minimum absolute atomic E-state index is 0.0410. The van der Waals surface area contributed by atoms with Gasteiger partial charge < -0.3 is 4.74 Å². The normalized spacial score (nSPS) is 23.1. The van der Waals surface area contributed by atoms with Gasteiger partial charge in [-0.25, -0.2) is 22.4 Å². The van der Waals surface area contributed by atoms with Crippen molar-refractivity contribution in [2.75, 3.05) is 0 Å². The molecule has 2 aromatic carbocycles. The number of hydrogen-bond acceptors (Lipinski definition) is 2. The molecule has 236 valence electrons. The Balaban J connectivity index is 1.32. The Kier molecular flexibility index (Phi) is 11.3. The van der Waals surface area contributed by atoms with Crippen molar-refractivity contribution in [3.05, 3.63) is 70.3 Å². The summed E-state index contributed by atoms with van der Waals surface area (Å²) in [7, 11) is 0. The number of alkyl halides is 3. The van der Waals surface area contributed by atoms with E-state index < -0.39 is 52.3 Å². The smallest absolute Gasteiger partial charge is 0.409 e. The summed E-state index contributed by atoms with van der Waals surface area (Å²) < 4.78 is 100. The van der Waals surface area contributed by atoms with E-state index in [0.717, 1.165) is 43.7 Å². The fourth-order valence-corrected chi connectivity index (χ4v) is 6.87. The van der Waals surface area contributed by atoms with Gasteiger partial charge in [-0.2, -0.15) is 13.2 Å². The van der Waals surface area contributed by atoms with Crippen LogP contribution in [0, 0.1) is 41.0 Å². The molecule has 9 heteroatoms. The summed E-state index contributed by atoms with van der Waals surface area (Å²) in [6.45, 7) is 2.23. The lowest BCUT2D eigenvalue weighted by molar-refractivity contribution is -0.0790. The predicted molar refractivity (Wildman–Crippen MR) is 152 cm³/mol. The van der Waals surface area contributed by atoms with Crippen LogP contribution in [0.4, 0.5) is 30.7 Å². The van der Waals surface area contributed by atoms with E-state index >= 15 is 0 Å². The Morgan fingerprint density at radius 3 is 1.88 bits per heavy atom. The monoisotopic (exact) mass is 612 g/mol. The molecule has 0 heterocycles. The Bertz CT molecular complexity index is 1220. The highest BCUT2D eigenvalue weighted by atomic mass is 19.4. The molecule has 43 heavy (non-hydrogen) atoms. The van der Waals surface area contributed by atoms with Crippen LogP contribution in [0.25, 0.3) is 6.08 Å². The third-order valence-electron chi connectivity index (χ3n) is 9.24. The Hall–Kier alpha value is -2.84. The molecule has 0 atom stereocenters. The highest BCUT2D eigenvalue weighted by Gasteiger charge is 2.32. The van der Waals surface area contributed by atoms with E-state index in [9.17, 15) is 35.5 Å². The van der Waals surface area contributed by atoms with Gasteiger partial charge in [0.05, 0.1) is 0 Å². The van der Waals surface area contributed by atoms with Gasteiger partial charge in [0, 0.05) is 23.8 Å². The quantitative estimate of drug-likeness (QED) is 0.115. The van der Waals surface area contributed by atoms with E-state index in [1.165, 1.54) is 57.8 Å². The molecule has 0 unspecified atom stereocenters. The van der Waals surface area contributed by atoms with Crippen molar-refractivity contribution in [3.8, 4) is 5.75 Å². The van der Waals surface area contributed by atoms with Crippen molar-refractivity contribution >= 4 is 12.0 Å². The number of allylic oxidation sites excluding steroid dienone is 1. The number of esters is 1. The van der Waals surface area contributed by atoms with Crippen LogP contribution in [-0.2, 0) is 0 Å². The van der Waals surface area contributed by atoms with Crippen molar-refractivity contribution in [2.45, 2.75) is 102 Å². The zero-order chi connectivity index (χ0) is 31.1. The summed E-state index contributed by atoms with van der Waals surface area (Å²) in [6, 6.07) is 3.17. The van der Waals surface area contributed by atoms with E-state index in [4.69, 9.17) is 4.74 Å². The number of ether oxygens (including phenoxy) is 1. The molecule has 2 aliphatic rings. The van der Waals surface area contributed by atoms with E-state index in [2.05, 4.69) is 6.92 Å². The van der Waals surface area contributed by atoms with Gasteiger partial charge in [-0.05, 0) is 86.0 Å². The van der Waals surface area contributed by atoms with Gasteiger partial charge >= 0.3 is 12.1 Å². The number of hydrogen-bond donors (Lipinski definition) is 0. The van der Waals surface area contributed by atoms with Gasteiger partial charge in [0.2, 0.25) is 0 Å². The van der Waals surface area contributed by atoms with E-state index in [1.54, 1.807) is 0 Å². The van der Waals surface area contributed by atoms with Gasteiger partial charge in [-0.15, -0.1) is 0 Å². The lowest BCUT2D eigenvalue weighted by atomic mass is 9.68. The zero-order valence-electron chi connectivity index (χ0n) is 24.4. The molecule has 0 spiro atoms. The molecule has 0 aliphatic heterocycles. The minimum atomic E-state index is -4.79. The number of unbranched alkanes of at least 4 members (excludes halogenated alkanes) is 3. The maximum Gasteiger partial charge on any atom is 0.409 e. The fraction of sp³-hybridized carbons (Fsp3) is 0.559. The standard InChI is InChI=1S/C34H39F7O2/c1-2-3-4-5-6-21-7-9-22(10-8-21)23-11-13-24(14-12-23)25-17-30(37)32(31(38)18-25)33(42)43-26-19-28(35)27(29(36)20-26)15-16-34(39,40)41/h15-24H,2-14H2,1H3. The number of carbonyl (C=O) groups is 1. The van der Waals surface area contributed by atoms with Crippen molar-refractivity contribution in [3.63, 3.8) is 0 Å². The summed E-state index contributed by atoms with van der Waals surface area (Å²) >= 11 is 0. The molecular weight excluding hydrogens is 573 g/mol. The Labute approximate surface area is 248 Å². The second-order valence-electron chi connectivity index (χ2n) is 12.2. The SMILES string of the molecule is CCCCCCC1CCC(C2CCC(c3cc(F)c(C(=O)Oc4cc(F)c(C=CC(F)(F)F)c(F)c4)c(F)c3)CC2)CC1. The molecule has 2 fully saturated rings. The number of halogens is 7. The summed E-state index contributed by atoms with van der Waals surface area (Å²) in [5.74, 6) is -5.29. The van der Waals surface area contributed by atoms with Crippen LogP contribution < -0.4 is 4.74 Å². The van der Waals surface area contributed by atoms with Crippen molar-refractivity contribution in [1.82, 2.24) is 0 Å². The first kappa shape index (κ1) is 33.1. The molecule has 0 radical (unpaired) electrons. The Morgan fingerprint density at radius 2 is 1.35 bits per heavy atom. The van der Waals surface area contributed by atoms with Crippen molar-refractivity contribution in [1.29, 1.82) is 0 Å². The first-order valence-electron chi connectivity index (χ1n) is 15.4. The van der Waals surface area contributed by atoms with Crippen LogP contribution in [0.15, 0.2) is 30.3 Å². The summed E-state index contributed by atoms with van der Waals surface area (Å²) in [4.78, 5) is 12.5. The molecule has 0 aromatic heterocycles. The Morgan fingerprint density at radius 1 is 0.791 bits per heavy atom. The summed E-state index contributed by atoms with van der Waals surface area (Å²) in [6.07, 6.45) is 10.3. The lowest BCUT2D eigenvalue weighted by Gasteiger charge is -2.38. The highest BCUT2D eigenvalue weighted by molar-refractivity contribution is 5.91. The summed E-state index contributed by atoms with van der Waals surface area (Å²) in [5.41, 5.74) is -1.55. The lowest BCUT2D eigenvalue weighted by Crippen LogP contribution is -2.25.